The number of carbonyl (C=O) groups excluding carboxylic acids is 1. The summed E-state index contributed by atoms with van der Waals surface area (Å²) in [4.78, 5) is 30.8. The zero-order valence-corrected chi connectivity index (χ0v) is 26.2. The fourth-order valence-electron chi connectivity index (χ4n) is 6.08. The molecule has 8 nitrogen and oxygen atoms in total. The summed E-state index contributed by atoms with van der Waals surface area (Å²) in [7, 11) is 4.06. The summed E-state index contributed by atoms with van der Waals surface area (Å²) in [5.41, 5.74) is -1.29. The van der Waals surface area contributed by atoms with Crippen LogP contribution in [0.25, 0.3) is 11.1 Å². The van der Waals surface area contributed by atoms with Gasteiger partial charge >= 0.3 is 6.18 Å². The smallest absolute Gasteiger partial charge is 0.367 e. The maximum absolute atomic E-state index is 15.9. The van der Waals surface area contributed by atoms with Crippen LogP contribution in [0.3, 0.4) is 0 Å². The molecule has 0 unspecified atom stereocenters. The highest BCUT2D eigenvalue weighted by Gasteiger charge is 2.36. The van der Waals surface area contributed by atoms with E-state index in [1.807, 2.05) is 25.8 Å². The highest BCUT2D eigenvalue weighted by molar-refractivity contribution is 6.07. The first-order chi connectivity index (χ1) is 21.1. The van der Waals surface area contributed by atoms with Gasteiger partial charge in [-0.2, -0.15) is 13.2 Å². The summed E-state index contributed by atoms with van der Waals surface area (Å²) in [6.45, 7) is 10.7. The fourth-order valence-corrected chi connectivity index (χ4v) is 6.08. The maximum atomic E-state index is 15.9. The van der Waals surface area contributed by atoms with E-state index in [0.29, 0.717) is 30.3 Å². The lowest BCUT2D eigenvalue weighted by molar-refractivity contribution is -0.138. The van der Waals surface area contributed by atoms with Crippen LogP contribution in [0.2, 0.25) is 0 Å². The molecule has 1 amide bonds. The zero-order valence-electron chi connectivity index (χ0n) is 26.2. The first-order valence-corrected chi connectivity index (χ1v) is 14.9. The molecule has 45 heavy (non-hydrogen) atoms. The van der Waals surface area contributed by atoms with Gasteiger partial charge < -0.3 is 15.1 Å². The number of nitrogens with one attached hydrogen (secondary N) is 1. The van der Waals surface area contributed by atoms with Gasteiger partial charge in [0.15, 0.2) is 0 Å². The molecule has 1 N–H and O–H groups in total. The van der Waals surface area contributed by atoms with Crippen molar-refractivity contribution in [2.75, 3.05) is 55.4 Å². The molecule has 13 heteroatoms. The predicted octanol–water partition coefficient (Wildman–Crippen LogP) is 5.75. The highest BCUT2D eigenvalue weighted by Crippen LogP contribution is 2.38. The number of halogens is 5. The molecule has 3 aromatic rings. The van der Waals surface area contributed by atoms with E-state index < -0.39 is 34.8 Å². The van der Waals surface area contributed by atoms with Crippen LogP contribution in [0.5, 0.6) is 0 Å². The van der Waals surface area contributed by atoms with Gasteiger partial charge in [-0.15, -0.1) is 0 Å². The van der Waals surface area contributed by atoms with Crippen molar-refractivity contribution in [3.05, 3.63) is 65.5 Å². The van der Waals surface area contributed by atoms with Gasteiger partial charge in [0.2, 0.25) is 5.95 Å². The van der Waals surface area contributed by atoms with Gasteiger partial charge in [-0.3, -0.25) is 14.6 Å². The quantitative estimate of drug-likeness (QED) is 0.360. The van der Waals surface area contributed by atoms with Crippen LogP contribution in [0.4, 0.5) is 39.3 Å². The van der Waals surface area contributed by atoms with Crippen LogP contribution in [0.1, 0.15) is 43.6 Å². The number of aromatic nitrogens is 2. The molecule has 3 heterocycles. The minimum atomic E-state index is -4.97. The highest BCUT2D eigenvalue weighted by atomic mass is 19.4. The lowest BCUT2D eigenvalue weighted by atomic mass is 10.0. The molecule has 0 saturated carbocycles. The lowest BCUT2D eigenvalue weighted by Gasteiger charge is -2.44. The van der Waals surface area contributed by atoms with E-state index in [1.165, 1.54) is 24.5 Å². The molecule has 4 atom stereocenters. The van der Waals surface area contributed by atoms with E-state index in [2.05, 4.69) is 50.9 Å². The van der Waals surface area contributed by atoms with Crippen molar-refractivity contribution >= 4 is 23.2 Å². The number of rotatable bonds is 5. The molecule has 0 aliphatic carbocycles. The average Bonchev–Trinajstić information content (AvgIpc) is 2.98. The van der Waals surface area contributed by atoms with Gasteiger partial charge in [-0.1, -0.05) is 0 Å². The fraction of sp³-hybridized carbons (Fsp3) is 0.469. The Morgan fingerprint density at radius 2 is 1.36 bits per heavy atom. The number of alkyl halides is 3. The third-order valence-corrected chi connectivity index (χ3v) is 9.16. The molecular formula is C32H38F5N7O. The van der Waals surface area contributed by atoms with Gasteiger partial charge in [-0.05, 0) is 72.1 Å². The number of carbonyl (C=O) groups is 1. The summed E-state index contributed by atoms with van der Waals surface area (Å²) in [6.07, 6.45) is -1.96. The number of anilines is 3. The standard InChI is InChI=1S/C32H38F5N7O/c1-18-14-43(15-19(2)41(18)5)29-11-27(34)25(22-12-38-31(39-13-22)44-16-20(3)42(6)21(4)17-44)10-28(29)40-30(45)24-8-7-23(33)9-26(24)32(35,36)37/h7-13,18-21H,14-17H2,1-6H3,(H,40,45)/t18-,19+,20-,21+. The first-order valence-electron chi connectivity index (χ1n) is 14.9. The van der Waals surface area contributed by atoms with Crippen molar-refractivity contribution < 1.29 is 26.7 Å². The van der Waals surface area contributed by atoms with Crippen molar-refractivity contribution in [2.24, 2.45) is 0 Å². The monoisotopic (exact) mass is 631 g/mol. The van der Waals surface area contributed by atoms with E-state index in [0.717, 1.165) is 25.2 Å². The molecule has 0 bridgehead atoms. The van der Waals surface area contributed by atoms with Crippen molar-refractivity contribution in [2.45, 2.75) is 58.0 Å². The van der Waals surface area contributed by atoms with E-state index in [-0.39, 0.29) is 41.5 Å². The molecule has 2 fully saturated rings. The van der Waals surface area contributed by atoms with Gasteiger partial charge in [0.1, 0.15) is 11.6 Å². The van der Waals surface area contributed by atoms with E-state index in [1.54, 1.807) is 0 Å². The van der Waals surface area contributed by atoms with Gasteiger partial charge in [0.05, 0.1) is 22.5 Å². The Morgan fingerprint density at radius 1 is 0.822 bits per heavy atom. The molecular weight excluding hydrogens is 593 g/mol. The Morgan fingerprint density at radius 3 is 1.89 bits per heavy atom. The second-order valence-corrected chi connectivity index (χ2v) is 12.3. The maximum Gasteiger partial charge on any atom is 0.417 e. The lowest BCUT2D eigenvalue weighted by Crippen LogP contribution is -2.55. The SMILES string of the molecule is C[C@@H]1CN(c2ncc(-c3cc(NC(=O)c4ccc(F)cc4C(F)(F)F)c(N4C[C@@H](C)N(C)[C@@H](C)C4)cc3F)cn2)C[C@H](C)N1C. The number of likely N-dealkylation sites (N-methyl/N-ethyl adjacent to an activating group) is 2. The van der Waals surface area contributed by atoms with Crippen LogP contribution in [-0.4, -0.2) is 90.1 Å². The topological polar surface area (TPSA) is 67.8 Å². The van der Waals surface area contributed by atoms with Crippen LogP contribution in [0.15, 0.2) is 42.7 Å². The number of hydrogen-bond acceptors (Lipinski definition) is 7. The third kappa shape index (κ3) is 6.74. The zero-order chi connectivity index (χ0) is 32.8. The van der Waals surface area contributed by atoms with E-state index in [4.69, 9.17) is 0 Å². The Hall–Kier alpha value is -3.84. The van der Waals surface area contributed by atoms with Gasteiger partial charge in [0.25, 0.3) is 5.91 Å². The minimum absolute atomic E-state index is 0.0751. The minimum Gasteiger partial charge on any atom is -0.367 e. The predicted molar refractivity (Wildman–Crippen MR) is 165 cm³/mol. The number of piperazine rings is 2. The molecule has 0 spiro atoms. The Labute approximate surface area is 259 Å². The molecule has 2 aliphatic rings. The molecule has 1 aromatic heterocycles. The molecule has 2 aromatic carbocycles. The first kappa shape index (κ1) is 32.6. The molecule has 0 radical (unpaired) electrons. The second kappa shape index (κ2) is 12.5. The van der Waals surface area contributed by atoms with Crippen LogP contribution < -0.4 is 15.1 Å². The number of amides is 1. The summed E-state index contributed by atoms with van der Waals surface area (Å²) in [6, 6.07) is 5.28. The summed E-state index contributed by atoms with van der Waals surface area (Å²) < 4.78 is 70.9. The largest absolute Gasteiger partial charge is 0.417 e. The van der Waals surface area contributed by atoms with Gasteiger partial charge in [-0.25, -0.2) is 18.7 Å². The summed E-state index contributed by atoms with van der Waals surface area (Å²) in [5, 5.41) is 2.57. The number of benzene rings is 2. The van der Waals surface area contributed by atoms with Crippen LogP contribution >= 0.6 is 0 Å². The normalized spacial score (nSPS) is 23.4. The van der Waals surface area contributed by atoms with E-state index >= 15 is 4.39 Å². The third-order valence-electron chi connectivity index (χ3n) is 9.16. The molecule has 2 saturated heterocycles. The van der Waals surface area contributed by atoms with Crippen molar-refractivity contribution in [3.63, 3.8) is 0 Å². The van der Waals surface area contributed by atoms with E-state index in [9.17, 15) is 22.4 Å². The van der Waals surface area contributed by atoms with Gasteiger partial charge in [0, 0.05) is 73.9 Å². The molecule has 2 aliphatic heterocycles. The number of nitrogens with zero attached hydrogens (tertiary/aromatic N) is 6. The summed E-state index contributed by atoms with van der Waals surface area (Å²) in [5.74, 6) is -2.31. The molecule has 5 rings (SSSR count). The number of hydrogen-bond donors (Lipinski definition) is 1. The van der Waals surface area contributed by atoms with Crippen molar-refractivity contribution in [1.82, 2.24) is 19.8 Å². The van der Waals surface area contributed by atoms with Crippen LogP contribution in [-0.2, 0) is 6.18 Å². The molecule has 242 valence electrons. The summed E-state index contributed by atoms with van der Waals surface area (Å²) >= 11 is 0. The Kier molecular flexibility index (Phi) is 9.05. The second-order valence-electron chi connectivity index (χ2n) is 12.3. The van der Waals surface area contributed by atoms with Crippen molar-refractivity contribution in [3.8, 4) is 11.1 Å². The van der Waals surface area contributed by atoms with Crippen molar-refractivity contribution in [1.29, 1.82) is 0 Å². The van der Waals surface area contributed by atoms with Crippen LogP contribution in [0, 0.1) is 11.6 Å². The Bertz CT molecular complexity index is 1530. The average molecular weight is 632 g/mol. The Balaban J connectivity index is 1.52.